The van der Waals surface area contributed by atoms with Gasteiger partial charge in [0.05, 0.1) is 16.8 Å². The smallest absolute Gasteiger partial charge is 0.393 e. The van der Waals surface area contributed by atoms with E-state index in [0.29, 0.717) is 19.0 Å². The van der Waals surface area contributed by atoms with Crippen LogP contribution in [0.25, 0.3) is 11.9 Å². The minimum atomic E-state index is -5.92. The second-order valence-electron chi connectivity index (χ2n) is 8.66. The molecule has 190 valence electrons. The fourth-order valence-electron chi connectivity index (χ4n) is 4.41. The lowest BCUT2D eigenvalue weighted by atomic mass is 9.90. The summed E-state index contributed by atoms with van der Waals surface area (Å²) in [5, 5.41) is 9.24. The van der Waals surface area contributed by atoms with Crippen molar-refractivity contribution in [3.05, 3.63) is 57.9 Å². The van der Waals surface area contributed by atoms with Crippen LogP contribution in [0.15, 0.2) is 30.5 Å². The molecule has 12 heteroatoms. The number of hydrogen-bond acceptors (Lipinski definition) is 6. The van der Waals surface area contributed by atoms with Crippen LogP contribution in [0.2, 0.25) is 5.02 Å². The normalized spacial score (nSPS) is 22.1. The molecule has 1 aromatic heterocycles. The van der Waals surface area contributed by atoms with Crippen LogP contribution < -0.4 is 4.18 Å². The van der Waals surface area contributed by atoms with E-state index in [2.05, 4.69) is 14.1 Å². The SMILES string of the molecule is O=S(=O)(Oc1cccc(C=C(F)c2cc3c(cn2)CN(C2CCC(O)CC2)CC3)c1Cl)C(F)(F)F. The summed E-state index contributed by atoms with van der Waals surface area (Å²) in [6.45, 7) is 1.50. The van der Waals surface area contributed by atoms with Gasteiger partial charge in [0.15, 0.2) is 5.75 Å². The number of alkyl halides is 3. The fraction of sp³-hybridized carbons (Fsp3) is 0.435. The molecule has 2 heterocycles. The molecule has 0 amide bonds. The number of pyridine rings is 1. The zero-order valence-corrected chi connectivity index (χ0v) is 20.0. The number of rotatable bonds is 5. The van der Waals surface area contributed by atoms with Crippen LogP contribution in [0.4, 0.5) is 17.6 Å². The maximum atomic E-state index is 15.0. The third-order valence-corrected chi connectivity index (χ3v) is 7.68. The molecule has 0 atom stereocenters. The molecule has 6 nitrogen and oxygen atoms in total. The highest BCUT2D eigenvalue weighted by molar-refractivity contribution is 7.88. The van der Waals surface area contributed by atoms with Crippen LogP contribution >= 0.6 is 11.6 Å². The number of aliphatic hydroxyl groups is 1. The van der Waals surface area contributed by atoms with Gasteiger partial charge < -0.3 is 9.29 Å². The lowest BCUT2D eigenvalue weighted by Crippen LogP contribution is -2.42. The van der Waals surface area contributed by atoms with E-state index in [1.165, 1.54) is 12.1 Å². The molecule has 1 aliphatic carbocycles. The Morgan fingerprint density at radius 3 is 2.60 bits per heavy atom. The summed E-state index contributed by atoms with van der Waals surface area (Å²) in [7, 11) is -5.92. The monoisotopic (exact) mass is 534 g/mol. The van der Waals surface area contributed by atoms with Crippen molar-refractivity contribution < 1.29 is 35.3 Å². The molecule has 1 aromatic carbocycles. The second-order valence-corrected chi connectivity index (χ2v) is 10.6. The van der Waals surface area contributed by atoms with Crippen molar-refractivity contribution in [3.63, 3.8) is 0 Å². The Labute approximate surface area is 205 Å². The molecule has 0 spiro atoms. The van der Waals surface area contributed by atoms with Crippen molar-refractivity contribution >= 4 is 33.6 Å². The first-order valence-electron chi connectivity index (χ1n) is 11.0. The lowest BCUT2D eigenvalue weighted by Gasteiger charge is -2.38. The zero-order valence-electron chi connectivity index (χ0n) is 18.4. The van der Waals surface area contributed by atoms with Gasteiger partial charge in [0, 0.05) is 25.3 Å². The van der Waals surface area contributed by atoms with Gasteiger partial charge in [-0.15, -0.1) is 0 Å². The standard InChI is InChI=1S/C23H23ClF4N2O4S/c24-22-15(2-1-3-21(22)34-35(32,33)23(26,27)28)10-19(25)20-11-14-8-9-30(13-16(14)12-29-20)17-4-6-18(31)7-5-17/h1-3,10-12,17-18,31H,4-9,13H2. The number of aromatic nitrogens is 1. The first-order chi connectivity index (χ1) is 16.4. The third kappa shape index (κ3) is 5.79. The summed E-state index contributed by atoms with van der Waals surface area (Å²) in [6.07, 6.45) is 6.51. The number of fused-ring (bicyclic) bond motifs is 1. The largest absolute Gasteiger partial charge is 0.534 e. The Hall–Kier alpha value is -2.21. The van der Waals surface area contributed by atoms with E-state index in [9.17, 15) is 26.7 Å². The van der Waals surface area contributed by atoms with Crippen LogP contribution in [0.1, 0.15) is 48.1 Å². The molecule has 0 bridgehead atoms. The molecule has 2 aliphatic rings. The predicted molar refractivity (Wildman–Crippen MR) is 123 cm³/mol. The van der Waals surface area contributed by atoms with Gasteiger partial charge in [-0.25, -0.2) is 4.39 Å². The summed E-state index contributed by atoms with van der Waals surface area (Å²) >= 11 is 6.00. The van der Waals surface area contributed by atoms with Crippen LogP contribution in [-0.2, 0) is 23.1 Å². The summed E-state index contributed by atoms with van der Waals surface area (Å²) in [6, 6.07) is 5.49. The Kier molecular flexibility index (Phi) is 7.42. The summed E-state index contributed by atoms with van der Waals surface area (Å²) < 4.78 is 79.5. The Morgan fingerprint density at radius 2 is 1.91 bits per heavy atom. The van der Waals surface area contributed by atoms with E-state index in [1.54, 1.807) is 12.3 Å². The molecule has 0 radical (unpaired) electrons. The average Bonchev–Trinajstić information content (AvgIpc) is 2.80. The maximum absolute atomic E-state index is 15.0. The first kappa shape index (κ1) is 25.9. The third-order valence-electron chi connectivity index (χ3n) is 6.31. The molecule has 0 unspecified atom stereocenters. The number of nitrogens with zero attached hydrogens (tertiary/aromatic N) is 2. The summed E-state index contributed by atoms with van der Waals surface area (Å²) in [4.78, 5) is 6.56. The number of benzene rings is 1. The minimum absolute atomic E-state index is 0.0308. The van der Waals surface area contributed by atoms with Crippen molar-refractivity contribution in [2.75, 3.05) is 6.54 Å². The molecule has 0 saturated heterocycles. The van der Waals surface area contributed by atoms with Gasteiger partial charge >= 0.3 is 15.6 Å². The Morgan fingerprint density at radius 1 is 1.20 bits per heavy atom. The predicted octanol–water partition coefficient (Wildman–Crippen LogP) is 5.09. The van der Waals surface area contributed by atoms with Gasteiger partial charge in [0.1, 0.15) is 5.83 Å². The van der Waals surface area contributed by atoms with E-state index in [0.717, 1.165) is 55.5 Å². The van der Waals surface area contributed by atoms with Crippen LogP contribution in [0, 0.1) is 0 Å². The van der Waals surface area contributed by atoms with Crippen molar-refractivity contribution in [2.45, 2.75) is 56.3 Å². The van der Waals surface area contributed by atoms with Crippen LogP contribution in [0.3, 0.4) is 0 Å². The van der Waals surface area contributed by atoms with E-state index in [-0.39, 0.29) is 17.4 Å². The molecule has 1 fully saturated rings. The summed E-state index contributed by atoms with van der Waals surface area (Å²) in [5.74, 6) is -1.55. The lowest BCUT2D eigenvalue weighted by molar-refractivity contribution is -0.0500. The van der Waals surface area contributed by atoms with Gasteiger partial charge in [-0.05, 0) is 67.0 Å². The molecular weight excluding hydrogens is 512 g/mol. The Balaban J connectivity index is 1.51. The van der Waals surface area contributed by atoms with Crippen molar-refractivity contribution in [1.82, 2.24) is 9.88 Å². The molecule has 35 heavy (non-hydrogen) atoms. The van der Waals surface area contributed by atoms with Crippen molar-refractivity contribution in [3.8, 4) is 5.75 Å². The Bertz CT molecular complexity index is 1230. The zero-order chi connectivity index (χ0) is 25.4. The number of aliphatic hydroxyl groups excluding tert-OH is 1. The molecule has 1 N–H and O–H groups in total. The van der Waals surface area contributed by atoms with E-state index in [4.69, 9.17) is 11.6 Å². The van der Waals surface area contributed by atoms with E-state index in [1.807, 2.05) is 0 Å². The van der Waals surface area contributed by atoms with Gasteiger partial charge in [-0.3, -0.25) is 9.88 Å². The maximum Gasteiger partial charge on any atom is 0.534 e. The highest BCUT2D eigenvalue weighted by Crippen LogP contribution is 2.35. The van der Waals surface area contributed by atoms with Gasteiger partial charge in [-0.1, -0.05) is 23.7 Å². The molecule has 4 rings (SSSR count). The number of halogens is 5. The molecule has 2 aromatic rings. The van der Waals surface area contributed by atoms with Crippen LogP contribution in [0.5, 0.6) is 5.75 Å². The first-order valence-corrected chi connectivity index (χ1v) is 12.8. The van der Waals surface area contributed by atoms with Gasteiger partial charge in [0.25, 0.3) is 0 Å². The number of hydrogen-bond donors (Lipinski definition) is 1. The topological polar surface area (TPSA) is 79.7 Å². The highest BCUT2D eigenvalue weighted by atomic mass is 35.5. The highest BCUT2D eigenvalue weighted by Gasteiger charge is 2.48. The quantitative estimate of drug-likeness (QED) is 0.327. The van der Waals surface area contributed by atoms with Crippen molar-refractivity contribution in [2.24, 2.45) is 0 Å². The average molecular weight is 535 g/mol. The van der Waals surface area contributed by atoms with Gasteiger partial charge in [-0.2, -0.15) is 21.6 Å². The molecular formula is C23H23ClF4N2O4S. The minimum Gasteiger partial charge on any atom is -0.393 e. The van der Waals surface area contributed by atoms with Crippen molar-refractivity contribution in [1.29, 1.82) is 0 Å². The molecule has 1 aliphatic heterocycles. The van der Waals surface area contributed by atoms with E-state index >= 15 is 4.39 Å². The van der Waals surface area contributed by atoms with Crippen LogP contribution in [-0.4, -0.2) is 47.6 Å². The summed E-state index contributed by atoms with van der Waals surface area (Å²) in [5.41, 5.74) is -3.73. The van der Waals surface area contributed by atoms with E-state index < -0.39 is 32.2 Å². The fourth-order valence-corrected chi connectivity index (χ4v) is 5.14. The van der Waals surface area contributed by atoms with Gasteiger partial charge in [0.2, 0.25) is 0 Å². The molecule has 1 saturated carbocycles. The second kappa shape index (κ2) is 10.0.